The predicted molar refractivity (Wildman–Crippen MR) is 74.6 cm³/mol. The molecule has 112 valence electrons. The summed E-state index contributed by atoms with van der Waals surface area (Å²) in [6, 6.07) is 3.65. The Morgan fingerprint density at radius 3 is 2.80 bits per heavy atom. The van der Waals surface area contributed by atoms with Crippen molar-refractivity contribution in [2.45, 2.75) is 25.8 Å². The highest BCUT2D eigenvalue weighted by atomic mass is 16.5. The number of furan rings is 1. The van der Waals surface area contributed by atoms with Gasteiger partial charge in [-0.1, -0.05) is 0 Å². The van der Waals surface area contributed by atoms with E-state index in [-0.39, 0.29) is 11.8 Å². The van der Waals surface area contributed by atoms with Crippen LogP contribution in [-0.2, 0) is 9.47 Å². The zero-order chi connectivity index (χ0) is 14.5. The maximum Gasteiger partial charge on any atom is 0.373 e. The van der Waals surface area contributed by atoms with Crippen LogP contribution < -0.4 is 0 Å². The molecule has 1 aromatic heterocycles. The van der Waals surface area contributed by atoms with E-state index in [4.69, 9.17) is 9.15 Å². The van der Waals surface area contributed by atoms with Crippen LogP contribution in [0.15, 0.2) is 16.5 Å². The third-order valence-electron chi connectivity index (χ3n) is 3.97. The molecule has 2 rings (SSSR count). The maximum atomic E-state index is 11.4. The summed E-state index contributed by atoms with van der Waals surface area (Å²) in [6.07, 6.45) is 2.23. The molecule has 0 radical (unpaired) electrons. The quantitative estimate of drug-likeness (QED) is 0.776. The second kappa shape index (κ2) is 6.90. The molecule has 5 heteroatoms. The summed E-state index contributed by atoms with van der Waals surface area (Å²) in [5.74, 6) is 1.29. The molecule has 0 saturated carbocycles. The Kier molecular flexibility index (Phi) is 5.20. The average molecular weight is 281 g/mol. The number of carbonyl (C=O) groups is 1. The lowest BCUT2D eigenvalue weighted by molar-refractivity contribution is 0.0487. The van der Waals surface area contributed by atoms with E-state index < -0.39 is 5.97 Å². The summed E-state index contributed by atoms with van der Waals surface area (Å²) in [5, 5.41) is 0. The maximum absolute atomic E-state index is 11.4. The molecular formula is C15H23NO4. The molecule has 1 aliphatic heterocycles. The van der Waals surface area contributed by atoms with Crippen LogP contribution >= 0.6 is 0 Å². The van der Waals surface area contributed by atoms with Gasteiger partial charge in [-0.25, -0.2) is 4.79 Å². The second-order valence-corrected chi connectivity index (χ2v) is 5.36. The van der Waals surface area contributed by atoms with E-state index in [1.54, 1.807) is 6.07 Å². The van der Waals surface area contributed by atoms with E-state index in [9.17, 15) is 4.79 Å². The van der Waals surface area contributed by atoms with Crippen LogP contribution in [0.5, 0.6) is 0 Å². The lowest BCUT2D eigenvalue weighted by Gasteiger charge is -2.30. The number of nitrogens with zero attached hydrogens (tertiary/aromatic N) is 1. The Morgan fingerprint density at radius 1 is 1.45 bits per heavy atom. The largest absolute Gasteiger partial charge is 0.463 e. The van der Waals surface area contributed by atoms with E-state index in [0.717, 1.165) is 38.4 Å². The minimum atomic E-state index is -0.435. The van der Waals surface area contributed by atoms with E-state index >= 15 is 0 Å². The van der Waals surface area contributed by atoms with Gasteiger partial charge in [-0.2, -0.15) is 0 Å². The normalized spacial score (nSPS) is 18.2. The SMILES string of the molecule is COC(=O)c1ccc(C(C)N(C)CC2CCOCC2)o1. The van der Waals surface area contributed by atoms with Crippen molar-refractivity contribution >= 4 is 5.97 Å². The molecular weight excluding hydrogens is 258 g/mol. The zero-order valence-electron chi connectivity index (χ0n) is 12.4. The first-order chi connectivity index (χ1) is 9.61. The molecule has 5 nitrogen and oxygen atoms in total. The first kappa shape index (κ1) is 15.1. The van der Waals surface area contributed by atoms with Crippen molar-refractivity contribution < 1.29 is 18.7 Å². The number of hydrogen-bond acceptors (Lipinski definition) is 5. The monoisotopic (exact) mass is 281 g/mol. The number of carbonyl (C=O) groups excluding carboxylic acids is 1. The van der Waals surface area contributed by atoms with Crippen molar-refractivity contribution in [3.8, 4) is 0 Å². The molecule has 0 bridgehead atoms. The summed E-state index contributed by atoms with van der Waals surface area (Å²) >= 11 is 0. The average Bonchev–Trinajstić information content (AvgIpc) is 2.96. The first-order valence-electron chi connectivity index (χ1n) is 7.08. The molecule has 0 aromatic carbocycles. The highest BCUT2D eigenvalue weighted by molar-refractivity contribution is 5.86. The number of esters is 1. The van der Waals surface area contributed by atoms with Gasteiger partial charge in [0, 0.05) is 19.8 Å². The van der Waals surface area contributed by atoms with E-state index in [0.29, 0.717) is 5.92 Å². The molecule has 1 aliphatic rings. The number of hydrogen-bond donors (Lipinski definition) is 0. The molecule has 1 fully saturated rings. The van der Waals surface area contributed by atoms with Gasteiger partial charge in [-0.15, -0.1) is 0 Å². The van der Waals surface area contributed by atoms with Crippen molar-refractivity contribution in [3.05, 3.63) is 23.7 Å². The highest BCUT2D eigenvalue weighted by Crippen LogP contribution is 2.24. The summed E-state index contributed by atoms with van der Waals surface area (Å²) in [6.45, 7) is 4.82. The molecule has 0 N–H and O–H groups in total. The van der Waals surface area contributed by atoms with Gasteiger partial charge in [-0.3, -0.25) is 4.90 Å². The lowest BCUT2D eigenvalue weighted by Crippen LogP contribution is -2.31. The van der Waals surface area contributed by atoms with Crippen molar-refractivity contribution in [1.82, 2.24) is 4.90 Å². The van der Waals surface area contributed by atoms with Gasteiger partial charge in [0.15, 0.2) is 0 Å². The van der Waals surface area contributed by atoms with Crippen molar-refractivity contribution in [1.29, 1.82) is 0 Å². The first-order valence-corrected chi connectivity index (χ1v) is 7.08. The molecule has 20 heavy (non-hydrogen) atoms. The summed E-state index contributed by atoms with van der Waals surface area (Å²) in [4.78, 5) is 13.7. The molecule has 1 saturated heterocycles. The standard InChI is InChI=1S/C15H23NO4/c1-11(13-4-5-14(20-13)15(17)18-3)16(2)10-12-6-8-19-9-7-12/h4-5,11-12H,6-10H2,1-3H3. The number of methoxy groups -OCH3 is 1. The van der Waals surface area contributed by atoms with Crippen molar-refractivity contribution in [2.24, 2.45) is 5.92 Å². The Bertz CT molecular complexity index is 437. The van der Waals surface area contributed by atoms with E-state index in [1.807, 2.05) is 6.07 Å². The van der Waals surface area contributed by atoms with Crippen LogP contribution in [0, 0.1) is 5.92 Å². The van der Waals surface area contributed by atoms with E-state index in [2.05, 4.69) is 23.6 Å². The Labute approximate surface area is 119 Å². The fraction of sp³-hybridized carbons (Fsp3) is 0.667. The summed E-state index contributed by atoms with van der Waals surface area (Å²) < 4.78 is 15.6. The lowest BCUT2D eigenvalue weighted by atomic mass is 9.99. The molecule has 0 amide bonds. The van der Waals surface area contributed by atoms with Gasteiger partial charge in [0.25, 0.3) is 0 Å². The fourth-order valence-corrected chi connectivity index (χ4v) is 2.50. The fourth-order valence-electron chi connectivity index (χ4n) is 2.50. The minimum absolute atomic E-state index is 0.135. The van der Waals surface area contributed by atoms with Crippen molar-refractivity contribution in [2.75, 3.05) is 33.9 Å². The van der Waals surface area contributed by atoms with Gasteiger partial charge >= 0.3 is 5.97 Å². The Balaban J connectivity index is 1.93. The van der Waals surface area contributed by atoms with Gasteiger partial charge in [0.05, 0.1) is 13.2 Å². The van der Waals surface area contributed by atoms with Crippen LogP contribution in [0.25, 0.3) is 0 Å². The van der Waals surface area contributed by atoms with Crippen LogP contribution in [0.2, 0.25) is 0 Å². The minimum Gasteiger partial charge on any atom is -0.463 e. The van der Waals surface area contributed by atoms with Crippen LogP contribution in [0.4, 0.5) is 0 Å². The third kappa shape index (κ3) is 3.61. The van der Waals surface area contributed by atoms with Crippen molar-refractivity contribution in [3.63, 3.8) is 0 Å². The van der Waals surface area contributed by atoms with Gasteiger partial charge in [0.1, 0.15) is 5.76 Å². The molecule has 0 aliphatic carbocycles. The van der Waals surface area contributed by atoms with Crippen LogP contribution in [0.1, 0.15) is 42.1 Å². The molecule has 0 spiro atoms. The molecule has 1 aromatic rings. The smallest absolute Gasteiger partial charge is 0.373 e. The summed E-state index contributed by atoms with van der Waals surface area (Å²) in [5.41, 5.74) is 0. The topological polar surface area (TPSA) is 51.9 Å². The molecule has 1 atom stereocenters. The summed E-state index contributed by atoms with van der Waals surface area (Å²) in [7, 11) is 3.44. The Hall–Kier alpha value is -1.33. The van der Waals surface area contributed by atoms with Gasteiger partial charge in [0.2, 0.25) is 5.76 Å². The predicted octanol–water partition coefficient (Wildman–Crippen LogP) is 2.49. The van der Waals surface area contributed by atoms with Crippen LogP contribution in [-0.4, -0.2) is 44.8 Å². The highest BCUT2D eigenvalue weighted by Gasteiger charge is 2.22. The molecule has 2 heterocycles. The Morgan fingerprint density at radius 2 is 2.15 bits per heavy atom. The second-order valence-electron chi connectivity index (χ2n) is 5.36. The van der Waals surface area contributed by atoms with Gasteiger partial charge in [-0.05, 0) is 44.9 Å². The zero-order valence-corrected chi connectivity index (χ0v) is 12.4. The van der Waals surface area contributed by atoms with Crippen LogP contribution in [0.3, 0.4) is 0 Å². The number of rotatable bonds is 5. The molecule has 1 unspecified atom stereocenters. The number of ether oxygens (including phenoxy) is 2. The third-order valence-corrected chi connectivity index (χ3v) is 3.97. The van der Waals surface area contributed by atoms with Gasteiger partial charge < -0.3 is 13.9 Å². The van der Waals surface area contributed by atoms with E-state index in [1.165, 1.54) is 7.11 Å².